The van der Waals surface area contributed by atoms with Crippen molar-refractivity contribution in [3.8, 4) is 10.7 Å². The number of hydrogen-bond donors (Lipinski definition) is 0. The lowest BCUT2D eigenvalue weighted by Crippen LogP contribution is -2.10. The van der Waals surface area contributed by atoms with Crippen molar-refractivity contribution in [1.29, 1.82) is 0 Å². The van der Waals surface area contributed by atoms with E-state index < -0.39 is 0 Å². The van der Waals surface area contributed by atoms with Gasteiger partial charge in [0.25, 0.3) is 0 Å². The Labute approximate surface area is 155 Å². The molecule has 1 aliphatic carbocycles. The summed E-state index contributed by atoms with van der Waals surface area (Å²) >= 11 is 3.44. The molecule has 0 radical (unpaired) electrons. The summed E-state index contributed by atoms with van der Waals surface area (Å²) in [4.78, 5) is 6.97. The minimum atomic E-state index is 0.603. The van der Waals surface area contributed by atoms with Crippen LogP contribution in [0.2, 0.25) is 0 Å². The first-order chi connectivity index (χ1) is 12.1. The Kier molecular flexibility index (Phi) is 4.64. The number of aromatic nitrogens is 5. The summed E-state index contributed by atoms with van der Waals surface area (Å²) in [6, 6.07) is 2.32. The molecule has 1 atom stereocenters. The van der Waals surface area contributed by atoms with Gasteiger partial charge < -0.3 is 9.09 Å². The van der Waals surface area contributed by atoms with Crippen molar-refractivity contribution < 1.29 is 4.52 Å². The molecule has 132 valence electrons. The minimum absolute atomic E-state index is 0.603. The molecule has 6 nitrogen and oxygen atoms in total. The van der Waals surface area contributed by atoms with Crippen molar-refractivity contribution in [3.63, 3.8) is 0 Å². The summed E-state index contributed by atoms with van der Waals surface area (Å²) in [6.07, 6.45) is 4.99. The third-order valence-corrected chi connectivity index (χ3v) is 6.95. The van der Waals surface area contributed by atoms with Crippen LogP contribution in [0, 0.1) is 12.8 Å². The maximum absolute atomic E-state index is 5.16. The van der Waals surface area contributed by atoms with E-state index in [9.17, 15) is 0 Å². The fourth-order valence-corrected chi connectivity index (χ4v) is 5.22. The monoisotopic (exact) mass is 375 g/mol. The number of nitrogens with zero attached hydrogens (tertiary/aromatic N) is 5. The second-order valence-electron chi connectivity index (χ2n) is 6.47. The average molecular weight is 376 g/mol. The molecule has 4 rings (SSSR count). The SMILES string of the molecule is CCC1CCc2sc(-c3nnc(SCc4nc(C)no4)n3C)cc2C1. The molecule has 3 heterocycles. The minimum Gasteiger partial charge on any atom is -0.338 e. The summed E-state index contributed by atoms with van der Waals surface area (Å²) in [5.41, 5.74) is 1.51. The van der Waals surface area contributed by atoms with Gasteiger partial charge in [-0.15, -0.1) is 21.5 Å². The van der Waals surface area contributed by atoms with Crippen LogP contribution < -0.4 is 0 Å². The van der Waals surface area contributed by atoms with E-state index in [2.05, 4.69) is 37.9 Å². The second-order valence-corrected chi connectivity index (χ2v) is 8.54. The van der Waals surface area contributed by atoms with Crippen LogP contribution in [0.15, 0.2) is 15.7 Å². The molecule has 0 aromatic carbocycles. The third kappa shape index (κ3) is 3.37. The molecular weight excluding hydrogens is 354 g/mol. The van der Waals surface area contributed by atoms with E-state index in [1.54, 1.807) is 11.8 Å². The molecule has 0 bridgehead atoms. The maximum atomic E-state index is 5.16. The van der Waals surface area contributed by atoms with E-state index in [4.69, 9.17) is 4.52 Å². The molecule has 25 heavy (non-hydrogen) atoms. The van der Waals surface area contributed by atoms with Gasteiger partial charge in [-0.3, -0.25) is 0 Å². The first-order valence-electron chi connectivity index (χ1n) is 8.57. The van der Waals surface area contributed by atoms with Gasteiger partial charge in [-0.2, -0.15) is 4.98 Å². The van der Waals surface area contributed by atoms with Crippen LogP contribution in [-0.4, -0.2) is 24.9 Å². The van der Waals surface area contributed by atoms with Gasteiger partial charge in [0, 0.05) is 11.9 Å². The number of fused-ring (bicyclic) bond motifs is 1. The Morgan fingerprint density at radius 3 is 3.04 bits per heavy atom. The highest BCUT2D eigenvalue weighted by Crippen LogP contribution is 2.38. The Morgan fingerprint density at radius 1 is 1.40 bits per heavy atom. The van der Waals surface area contributed by atoms with Crippen molar-refractivity contribution in [3.05, 3.63) is 28.2 Å². The molecule has 3 aromatic rings. The number of hydrogen-bond acceptors (Lipinski definition) is 7. The first kappa shape index (κ1) is 16.8. The molecule has 0 N–H and O–H groups in total. The van der Waals surface area contributed by atoms with Crippen molar-refractivity contribution in [2.24, 2.45) is 13.0 Å². The third-order valence-electron chi connectivity index (χ3n) is 4.71. The summed E-state index contributed by atoms with van der Waals surface area (Å²) in [5.74, 6) is 3.65. The normalized spacial score (nSPS) is 17.0. The Balaban J connectivity index is 1.52. The van der Waals surface area contributed by atoms with Crippen LogP contribution >= 0.6 is 23.1 Å². The van der Waals surface area contributed by atoms with Crippen LogP contribution in [0.3, 0.4) is 0 Å². The lowest BCUT2D eigenvalue weighted by atomic mass is 9.87. The Hall–Kier alpha value is -1.67. The van der Waals surface area contributed by atoms with Crippen LogP contribution in [0.25, 0.3) is 10.7 Å². The summed E-state index contributed by atoms with van der Waals surface area (Å²) < 4.78 is 7.21. The van der Waals surface area contributed by atoms with E-state index in [-0.39, 0.29) is 0 Å². The summed E-state index contributed by atoms with van der Waals surface area (Å²) in [7, 11) is 2.02. The standard InChI is InChI=1S/C17H21N5OS2/c1-4-11-5-6-13-12(7-11)8-14(25-13)16-19-20-17(22(16)3)24-9-15-18-10(2)21-23-15/h8,11H,4-7,9H2,1-3H3. The zero-order chi connectivity index (χ0) is 17.4. The predicted octanol–water partition coefficient (Wildman–Crippen LogP) is 4.04. The van der Waals surface area contributed by atoms with Crippen LogP contribution in [-0.2, 0) is 25.6 Å². The highest BCUT2D eigenvalue weighted by Gasteiger charge is 2.22. The largest absolute Gasteiger partial charge is 0.338 e. The number of rotatable bonds is 5. The molecule has 0 fully saturated rings. The molecule has 0 amide bonds. The highest BCUT2D eigenvalue weighted by atomic mass is 32.2. The highest BCUT2D eigenvalue weighted by molar-refractivity contribution is 7.98. The molecule has 1 aliphatic rings. The Bertz CT molecular complexity index is 882. The predicted molar refractivity (Wildman–Crippen MR) is 98.7 cm³/mol. The molecule has 1 unspecified atom stereocenters. The molecular formula is C17H21N5OS2. The van der Waals surface area contributed by atoms with Gasteiger partial charge in [0.15, 0.2) is 16.8 Å². The van der Waals surface area contributed by atoms with Crippen molar-refractivity contribution in [1.82, 2.24) is 24.9 Å². The van der Waals surface area contributed by atoms with Gasteiger partial charge in [0.05, 0.1) is 10.6 Å². The van der Waals surface area contributed by atoms with Crippen LogP contribution in [0.1, 0.15) is 41.9 Å². The lowest BCUT2D eigenvalue weighted by Gasteiger charge is -2.19. The molecule has 0 spiro atoms. The van der Waals surface area contributed by atoms with Gasteiger partial charge in [0.2, 0.25) is 5.89 Å². The molecule has 0 aliphatic heterocycles. The fraction of sp³-hybridized carbons (Fsp3) is 0.529. The molecule has 0 saturated heterocycles. The van der Waals surface area contributed by atoms with Crippen LogP contribution in [0.5, 0.6) is 0 Å². The number of thioether (sulfide) groups is 1. The lowest BCUT2D eigenvalue weighted by molar-refractivity contribution is 0.387. The van der Waals surface area contributed by atoms with E-state index in [1.807, 2.05) is 25.3 Å². The molecule has 8 heteroatoms. The first-order valence-corrected chi connectivity index (χ1v) is 10.4. The van der Waals surface area contributed by atoms with Crippen molar-refractivity contribution in [2.45, 2.75) is 50.4 Å². The zero-order valence-corrected chi connectivity index (χ0v) is 16.3. The van der Waals surface area contributed by atoms with Gasteiger partial charge in [0.1, 0.15) is 0 Å². The van der Waals surface area contributed by atoms with E-state index in [0.29, 0.717) is 17.5 Å². The summed E-state index contributed by atoms with van der Waals surface area (Å²) in [6.45, 7) is 4.11. The zero-order valence-electron chi connectivity index (χ0n) is 14.7. The maximum Gasteiger partial charge on any atom is 0.237 e. The average Bonchev–Trinajstić information content (AvgIpc) is 3.30. The van der Waals surface area contributed by atoms with E-state index in [0.717, 1.165) is 16.9 Å². The Morgan fingerprint density at radius 2 is 2.28 bits per heavy atom. The molecule has 3 aromatic heterocycles. The fourth-order valence-electron chi connectivity index (χ4n) is 3.24. The van der Waals surface area contributed by atoms with E-state index >= 15 is 0 Å². The van der Waals surface area contributed by atoms with E-state index in [1.165, 1.54) is 41.0 Å². The number of thiophene rings is 1. The number of aryl methyl sites for hydroxylation is 2. The van der Waals surface area contributed by atoms with Gasteiger partial charge in [-0.1, -0.05) is 30.3 Å². The van der Waals surface area contributed by atoms with Crippen molar-refractivity contribution in [2.75, 3.05) is 0 Å². The smallest absolute Gasteiger partial charge is 0.237 e. The van der Waals surface area contributed by atoms with Gasteiger partial charge in [-0.05, 0) is 43.7 Å². The topological polar surface area (TPSA) is 69.6 Å². The van der Waals surface area contributed by atoms with Gasteiger partial charge in [-0.25, -0.2) is 0 Å². The van der Waals surface area contributed by atoms with Crippen molar-refractivity contribution >= 4 is 23.1 Å². The quantitative estimate of drug-likeness (QED) is 0.627. The second kappa shape index (κ2) is 6.92. The van der Waals surface area contributed by atoms with Crippen LogP contribution in [0.4, 0.5) is 0 Å². The summed E-state index contributed by atoms with van der Waals surface area (Å²) in [5, 5.41) is 13.4. The molecule has 0 saturated carbocycles. The van der Waals surface area contributed by atoms with Gasteiger partial charge >= 0.3 is 0 Å².